The van der Waals surface area contributed by atoms with Crippen LogP contribution in [0.4, 0.5) is 11.4 Å². The van der Waals surface area contributed by atoms with Crippen molar-refractivity contribution in [2.75, 3.05) is 5.32 Å². The molecule has 0 aromatic heterocycles. The van der Waals surface area contributed by atoms with Crippen molar-refractivity contribution in [2.24, 2.45) is 0 Å². The molecule has 2 rings (SSSR count). The average molecular weight is 246 g/mol. The van der Waals surface area contributed by atoms with Crippen LogP contribution in [0.25, 0.3) is 0 Å². The summed E-state index contributed by atoms with van der Waals surface area (Å²) in [7, 11) is 0. The lowest BCUT2D eigenvalue weighted by atomic mass is 10.1. The molecule has 0 aliphatic carbocycles. The summed E-state index contributed by atoms with van der Waals surface area (Å²) in [6.45, 7) is 0. The van der Waals surface area contributed by atoms with Crippen LogP contribution in [0.5, 0.6) is 0 Å². The van der Waals surface area contributed by atoms with Crippen molar-refractivity contribution in [3.63, 3.8) is 0 Å². The van der Waals surface area contributed by atoms with Crippen LogP contribution in [0, 0.1) is 0 Å². The number of aldehydes is 1. The third kappa shape index (κ3) is 3.08. The van der Waals surface area contributed by atoms with Gasteiger partial charge in [0.05, 0.1) is 0 Å². The molecule has 0 saturated carbocycles. The lowest BCUT2D eigenvalue weighted by molar-refractivity contribution is -0.107. The molecule has 0 unspecified atom stereocenters. The fourth-order valence-corrected chi connectivity index (χ4v) is 1.81. The number of anilines is 2. The van der Waals surface area contributed by atoms with E-state index in [2.05, 4.69) is 5.32 Å². The van der Waals surface area contributed by atoms with Crippen molar-refractivity contribution in [2.45, 2.75) is 6.42 Å². The van der Waals surface area contributed by atoms with E-state index in [0.29, 0.717) is 11.4 Å². The first-order valence-corrected chi connectivity index (χ1v) is 5.71. The predicted molar refractivity (Wildman–Crippen MR) is 70.9 cm³/mol. The van der Waals surface area contributed by atoms with E-state index in [1.807, 2.05) is 36.4 Å². The van der Waals surface area contributed by atoms with Crippen LogP contribution in [0.3, 0.4) is 0 Å². The van der Waals surface area contributed by atoms with Crippen molar-refractivity contribution in [3.8, 4) is 0 Å². The van der Waals surface area contributed by atoms with Crippen molar-refractivity contribution in [3.05, 3.63) is 59.1 Å². The summed E-state index contributed by atoms with van der Waals surface area (Å²) in [4.78, 5) is 10.6. The largest absolute Gasteiger partial charge is 0.355 e. The van der Waals surface area contributed by atoms with Gasteiger partial charge in [-0.3, -0.25) is 0 Å². The molecule has 0 atom stereocenters. The Bertz CT molecular complexity index is 511. The molecule has 0 fully saturated rings. The van der Waals surface area contributed by atoms with Crippen LogP contribution < -0.4 is 5.32 Å². The van der Waals surface area contributed by atoms with Crippen LogP contribution >= 0.6 is 11.6 Å². The van der Waals surface area contributed by atoms with Gasteiger partial charge in [0.15, 0.2) is 0 Å². The number of carbonyl (C=O) groups excluding carboxylic acids is 1. The van der Waals surface area contributed by atoms with Gasteiger partial charge >= 0.3 is 0 Å². The summed E-state index contributed by atoms with van der Waals surface area (Å²) in [5, 5.41) is 3.91. The van der Waals surface area contributed by atoms with E-state index in [4.69, 9.17) is 11.6 Å². The summed E-state index contributed by atoms with van der Waals surface area (Å²) < 4.78 is 0. The number of para-hydroxylation sites is 1. The third-order valence-electron chi connectivity index (χ3n) is 2.42. The number of nitrogens with one attached hydrogen (secondary N) is 1. The number of carbonyl (C=O) groups is 1. The number of rotatable bonds is 4. The topological polar surface area (TPSA) is 29.1 Å². The van der Waals surface area contributed by atoms with Gasteiger partial charge in [-0.15, -0.1) is 0 Å². The van der Waals surface area contributed by atoms with Gasteiger partial charge in [-0.1, -0.05) is 29.8 Å². The molecule has 0 radical (unpaired) electrons. The molecule has 2 nitrogen and oxygen atoms in total. The Hall–Kier alpha value is -1.80. The first kappa shape index (κ1) is 11.7. The lowest BCUT2D eigenvalue weighted by Crippen LogP contribution is -1.96. The number of hydrogen-bond donors (Lipinski definition) is 1. The molecule has 0 heterocycles. The molecule has 17 heavy (non-hydrogen) atoms. The molecule has 86 valence electrons. The van der Waals surface area contributed by atoms with Gasteiger partial charge < -0.3 is 10.1 Å². The van der Waals surface area contributed by atoms with Gasteiger partial charge in [0.2, 0.25) is 0 Å². The first-order chi connectivity index (χ1) is 8.29. The lowest BCUT2D eigenvalue weighted by Gasteiger charge is -2.10. The van der Waals surface area contributed by atoms with Crippen LogP contribution in [0.1, 0.15) is 5.56 Å². The molecule has 1 N–H and O–H groups in total. The summed E-state index contributed by atoms with van der Waals surface area (Å²) in [5.74, 6) is 0. The minimum absolute atomic E-state index is 0.357. The van der Waals surface area contributed by atoms with E-state index < -0.39 is 0 Å². The molecule has 0 aliphatic rings. The second kappa shape index (κ2) is 5.51. The summed E-state index contributed by atoms with van der Waals surface area (Å²) in [5.41, 5.74) is 2.80. The van der Waals surface area contributed by atoms with Crippen LogP contribution in [-0.4, -0.2) is 6.29 Å². The molecule has 0 amide bonds. The smallest absolute Gasteiger partial charge is 0.124 e. The monoisotopic (exact) mass is 245 g/mol. The van der Waals surface area contributed by atoms with E-state index in [-0.39, 0.29) is 0 Å². The first-order valence-electron chi connectivity index (χ1n) is 5.34. The van der Waals surface area contributed by atoms with Crippen molar-refractivity contribution < 1.29 is 4.79 Å². The minimum Gasteiger partial charge on any atom is -0.355 e. The fourth-order valence-electron chi connectivity index (χ4n) is 1.62. The molecule has 2 aromatic rings. The number of benzene rings is 2. The number of hydrogen-bond acceptors (Lipinski definition) is 2. The standard InChI is InChI=1S/C14H12ClNO/c15-12-6-7-14(11(10-12)8-9-17)16-13-4-2-1-3-5-13/h1-7,9-10,16H,8H2. The molecule has 0 bridgehead atoms. The maximum absolute atomic E-state index is 10.6. The Kier molecular flexibility index (Phi) is 3.78. The van der Waals surface area contributed by atoms with Gasteiger partial charge in [0, 0.05) is 22.8 Å². The second-order valence-electron chi connectivity index (χ2n) is 3.66. The van der Waals surface area contributed by atoms with Crippen molar-refractivity contribution in [1.29, 1.82) is 0 Å². The predicted octanol–water partition coefficient (Wildman–Crippen LogP) is 3.83. The molecule has 0 aliphatic heterocycles. The van der Waals surface area contributed by atoms with Crippen LogP contribution in [-0.2, 0) is 11.2 Å². The number of halogens is 1. The van der Waals surface area contributed by atoms with E-state index >= 15 is 0 Å². The zero-order valence-electron chi connectivity index (χ0n) is 9.19. The van der Waals surface area contributed by atoms with Crippen molar-refractivity contribution >= 4 is 29.3 Å². The Labute approximate surface area is 105 Å². The average Bonchev–Trinajstić information content (AvgIpc) is 2.34. The Morgan fingerprint density at radius 2 is 1.88 bits per heavy atom. The Morgan fingerprint density at radius 1 is 1.12 bits per heavy atom. The molecule has 3 heteroatoms. The van der Waals surface area contributed by atoms with Gasteiger partial charge in [-0.05, 0) is 35.9 Å². The summed E-state index contributed by atoms with van der Waals surface area (Å²) in [6.07, 6.45) is 1.23. The van der Waals surface area contributed by atoms with Gasteiger partial charge in [-0.25, -0.2) is 0 Å². The highest BCUT2D eigenvalue weighted by molar-refractivity contribution is 6.30. The van der Waals surface area contributed by atoms with E-state index in [1.165, 1.54) is 0 Å². The quantitative estimate of drug-likeness (QED) is 0.830. The van der Waals surface area contributed by atoms with E-state index in [0.717, 1.165) is 23.2 Å². The Morgan fingerprint density at radius 3 is 2.59 bits per heavy atom. The second-order valence-corrected chi connectivity index (χ2v) is 4.10. The molecular formula is C14H12ClNO. The SMILES string of the molecule is O=CCc1cc(Cl)ccc1Nc1ccccc1. The van der Waals surface area contributed by atoms with Gasteiger partial charge in [0.1, 0.15) is 6.29 Å². The van der Waals surface area contributed by atoms with Crippen LogP contribution in [0.15, 0.2) is 48.5 Å². The maximum Gasteiger partial charge on any atom is 0.124 e. The molecular weight excluding hydrogens is 234 g/mol. The Balaban J connectivity index is 2.29. The highest BCUT2D eigenvalue weighted by Gasteiger charge is 2.03. The highest BCUT2D eigenvalue weighted by atomic mass is 35.5. The maximum atomic E-state index is 10.6. The summed E-state index contributed by atoms with van der Waals surface area (Å²) >= 11 is 5.91. The van der Waals surface area contributed by atoms with Crippen LogP contribution in [0.2, 0.25) is 5.02 Å². The molecule has 0 spiro atoms. The zero-order valence-corrected chi connectivity index (χ0v) is 9.95. The normalized spacial score (nSPS) is 9.94. The molecule has 2 aromatic carbocycles. The summed E-state index contributed by atoms with van der Waals surface area (Å²) in [6, 6.07) is 15.3. The molecule has 0 saturated heterocycles. The van der Waals surface area contributed by atoms with E-state index in [1.54, 1.807) is 12.1 Å². The van der Waals surface area contributed by atoms with E-state index in [9.17, 15) is 4.79 Å². The van der Waals surface area contributed by atoms with Crippen molar-refractivity contribution in [1.82, 2.24) is 0 Å². The minimum atomic E-state index is 0.357. The zero-order chi connectivity index (χ0) is 12.1. The van der Waals surface area contributed by atoms with Gasteiger partial charge in [-0.2, -0.15) is 0 Å². The highest BCUT2D eigenvalue weighted by Crippen LogP contribution is 2.24. The third-order valence-corrected chi connectivity index (χ3v) is 2.66. The fraction of sp³-hybridized carbons (Fsp3) is 0.0714. The van der Waals surface area contributed by atoms with Gasteiger partial charge in [0.25, 0.3) is 0 Å².